The Morgan fingerprint density at radius 3 is 2.60 bits per heavy atom. The Morgan fingerprint density at radius 1 is 1.09 bits per heavy atom. The molecule has 35 heavy (non-hydrogen) atoms. The highest BCUT2D eigenvalue weighted by Gasteiger charge is 2.39. The number of imide groups is 1. The van der Waals surface area contributed by atoms with Gasteiger partial charge in [-0.05, 0) is 47.7 Å². The highest BCUT2D eigenvalue weighted by atomic mass is 16.5. The highest BCUT2D eigenvalue weighted by Crippen LogP contribution is 2.33. The van der Waals surface area contributed by atoms with Crippen molar-refractivity contribution in [1.29, 1.82) is 0 Å². The van der Waals surface area contributed by atoms with Gasteiger partial charge in [0, 0.05) is 36.7 Å². The van der Waals surface area contributed by atoms with Crippen molar-refractivity contribution in [3.05, 3.63) is 59.3 Å². The molecule has 9 nitrogen and oxygen atoms in total. The van der Waals surface area contributed by atoms with Crippen LogP contribution < -0.4 is 14.8 Å². The number of methoxy groups -OCH3 is 2. The van der Waals surface area contributed by atoms with Crippen LogP contribution in [0.15, 0.2) is 42.6 Å². The first-order valence-electron chi connectivity index (χ1n) is 11.7. The smallest absolute Gasteiger partial charge is 0.324 e. The van der Waals surface area contributed by atoms with E-state index in [9.17, 15) is 14.4 Å². The van der Waals surface area contributed by atoms with Gasteiger partial charge < -0.3 is 24.7 Å². The molecule has 182 valence electrons. The van der Waals surface area contributed by atoms with Crippen LogP contribution in [-0.4, -0.2) is 66.0 Å². The van der Waals surface area contributed by atoms with Crippen molar-refractivity contribution in [1.82, 2.24) is 20.1 Å². The molecule has 1 fully saturated rings. The van der Waals surface area contributed by atoms with Crippen LogP contribution in [-0.2, 0) is 29.0 Å². The number of amides is 4. The van der Waals surface area contributed by atoms with Crippen molar-refractivity contribution in [2.45, 2.75) is 31.8 Å². The summed E-state index contributed by atoms with van der Waals surface area (Å²) in [6.07, 6.45) is 3.07. The maximum absolute atomic E-state index is 13.0. The number of hydrogen-bond donors (Lipinski definition) is 2. The van der Waals surface area contributed by atoms with Crippen molar-refractivity contribution in [3.8, 4) is 11.5 Å². The first-order chi connectivity index (χ1) is 17.0. The summed E-state index contributed by atoms with van der Waals surface area (Å²) >= 11 is 0. The van der Waals surface area contributed by atoms with Crippen LogP contribution in [0.5, 0.6) is 11.5 Å². The predicted octanol–water partition coefficient (Wildman–Crippen LogP) is 2.62. The quantitative estimate of drug-likeness (QED) is 0.510. The molecule has 3 heterocycles. The molecule has 4 amide bonds. The molecule has 1 atom stereocenters. The molecule has 2 aliphatic rings. The second kappa shape index (κ2) is 9.32. The van der Waals surface area contributed by atoms with E-state index >= 15 is 0 Å². The average Bonchev–Trinajstić information content (AvgIpc) is 3.41. The zero-order valence-electron chi connectivity index (χ0n) is 19.8. The summed E-state index contributed by atoms with van der Waals surface area (Å²) in [6, 6.07) is 10.5. The normalized spacial score (nSPS) is 17.5. The molecule has 1 saturated heterocycles. The molecular weight excluding hydrogens is 448 g/mol. The summed E-state index contributed by atoms with van der Waals surface area (Å²) in [6.45, 7) is 1.23. The number of nitrogens with one attached hydrogen (secondary N) is 2. The van der Waals surface area contributed by atoms with Gasteiger partial charge in [-0.2, -0.15) is 0 Å². The monoisotopic (exact) mass is 476 g/mol. The second-order valence-corrected chi connectivity index (χ2v) is 8.85. The SMILES string of the molecule is COc1cc2c(cc1OC)CN(C(=O)CC1NC(=O)N(CCc3c[nH]c4ccccc34)C1=O)CC2. The molecule has 0 bridgehead atoms. The number of aromatic nitrogens is 1. The summed E-state index contributed by atoms with van der Waals surface area (Å²) < 4.78 is 10.8. The number of H-pyrrole nitrogens is 1. The van der Waals surface area contributed by atoms with Crippen LogP contribution in [0.2, 0.25) is 0 Å². The maximum atomic E-state index is 13.0. The third kappa shape index (κ3) is 4.29. The van der Waals surface area contributed by atoms with Gasteiger partial charge in [-0.25, -0.2) is 4.79 Å². The zero-order valence-corrected chi connectivity index (χ0v) is 19.8. The molecule has 1 unspecified atom stereocenters. The number of nitrogens with zero attached hydrogens (tertiary/aromatic N) is 2. The molecule has 2 N–H and O–H groups in total. The average molecular weight is 477 g/mol. The molecule has 0 spiro atoms. The number of urea groups is 1. The maximum Gasteiger partial charge on any atom is 0.324 e. The number of para-hydroxylation sites is 1. The van der Waals surface area contributed by atoms with Crippen molar-refractivity contribution in [2.75, 3.05) is 27.3 Å². The Bertz CT molecular complexity index is 1300. The van der Waals surface area contributed by atoms with Gasteiger partial charge in [0.05, 0.1) is 20.6 Å². The molecule has 0 aliphatic carbocycles. The Balaban J connectivity index is 1.21. The lowest BCUT2D eigenvalue weighted by atomic mass is 9.98. The molecule has 5 rings (SSSR count). The molecule has 1 aromatic heterocycles. The lowest BCUT2D eigenvalue weighted by Crippen LogP contribution is -2.41. The summed E-state index contributed by atoms with van der Waals surface area (Å²) in [4.78, 5) is 44.6. The fraction of sp³-hybridized carbons (Fsp3) is 0.346. The molecular formula is C26H28N4O5. The standard InChI is InChI=1S/C26H28N4O5/c1-34-22-11-16-7-9-29(15-18(16)12-23(22)35-2)24(31)13-21-25(32)30(26(33)28-21)10-8-17-14-27-20-6-4-3-5-19(17)20/h3-6,11-12,14,21,27H,7-10,13,15H2,1-2H3,(H,28,33). The van der Waals surface area contributed by atoms with Gasteiger partial charge in [-0.1, -0.05) is 18.2 Å². The van der Waals surface area contributed by atoms with Crippen LogP contribution in [0.25, 0.3) is 10.9 Å². The minimum Gasteiger partial charge on any atom is -0.493 e. The number of fused-ring (bicyclic) bond motifs is 2. The highest BCUT2D eigenvalue weighted by molar-refractivity contribution is 6.05. The third-order valence-electron chi connectivity index (χ3n) is 6.84. The summed E-state index contributed by atoms with van der Waals surface area (Å²) in [5.41, 5.74) is 4.16. The Morgan fingerprint density at radius 2 is 1.83 bits per heavy atom. The third-order valence-corrected chi connectivity index (χ3v) is 6.84. The second-order valence-electron chi connectivity index (χ2n) is 8.85. The van der Waals surface area contributed by atoms with Gasteiger partial charge in [0.1, 0.15) is 6.04 Å². The fourth-order valence-electron chi connectivity index (χ4n) is 4.90. The van der Waals surface area contributed by atoms with Crippen LogP contribution in [0.1, 0.15) is 23.1 Å². The van der Waals surface area contributed by atoms with Crippen molar-refractivity contribution in [2.24, 2.45) is 0 Å². The Kier molecular flexibility index (Phi) is 6.07. The Labute approximate surface area is 203 Å². The van der Waals surface area contributed by atoms with Gasteiger partial charge in [0.15, 0.2) is 11.5 Å². The molecule has 9 heteroatoms. The predicted molar refractivity (Wildman–Crippen MR) is 129 cm³/mol. The summed E-state index contributed by atoms with van der Waals surface area (Å²) in [5.74, 6) is 0.761. The number of hydrogen-bond acceptors (Lipinski definition) is 5. The number of ether oxygens (including phenoxy) is 2. The Hall–Kier alpha value is -4.01. The molecule has 0 saturated carbocycles. The van der Waals surface area contributed by atoms with Crippen LogP contribution in [0.3, 0.4) is 0 Å². The zero-order chi connectivity index (χ0) is 24.5. The summed E-state index contributed by atoms with van der Waals surface area (Å²) in [5, 5.41) is 3.76. The van der Waals surface area contributed by atoms with Gasteiger partial charge >= 0.3 is 6.03 Å². The van der Waals surface area contributed by atoms with E-state index in [0.29, 0.717) is 37.4 Å². The van der Waals surface area contributed by atoms with E-state index in [1.165, 1.54) is 4.90 Å². The lowest BCUT2D eigenvalue weighted by Gasteiger charge is -2.30. The molecule has 2 aliphatic heterocycles. The van der Waals surface area contributed by atoms with E-state index in [-0.39, 0.29) is 24.8 Å². The largest absolute Gasteiger partial charge is 0.493 e. The number of benzene rings is 2. The topological polar surface area (TPSA) is 104 Å². The first-order valence-corrected chi connectivity index (χ1v) is 11.7. The van der Waals surface area contributed by atoms with E-state index in [1.54, 1.807) is 19.1 Å². The van der Waals surface area contributed by atoms with Crippen molar-refractivity contribution >= 4 is 28.7 Å². The van der Waals surface area contributed by atoms with Crippen molar-refractivity contribution < 1.29 is 23.9 Å². The molecule has 0 radical (unpaired) electrons. The summed E-state index contributed by atoms with van der Waals surface area (Å²) in [7, 11) is 3.17. The minimum absolute atomic E-state index is 0.0587. The van der Waals surface area contributed by atoms with E-state index in [0.717, 1.165) is 27.6 Å². The van der Waals surface area contributed by atoms with Gasteiger partial charge in [-0.15, -0.1) is 0 Å². The number of carbonyl (C=O) groups is 3. The number of rotatable bonds is 7. The van der Waals surface area contributed by atoms with Crippen LogP contribution in [0, 0.1) is 0 Å². The number of aromatic amines is 1. The van der Waals surface area contributed by atoms with Crippen LogP contribution >= 0.6 is 0 Å². The van der Waals surface area contributed by atoms with Gasteiger partial charge in [0.2, 0.25) is 5.91 Å². The first kappa shape index (κ1) is 22.8. The van der Waals surface area contributed by atoms with E-state index in [1.807, 2.05) is 42.6 Å². The van der Waals surface area contributed by atoms with Crippen LogP contribution in [0.4, 0.5) is 4.79 Å². The lowest BCUT2D eigenvalue weighted by molar-refractivity contribution is -0.136. The van der Waals surface area contributed by atoms with Gasteiger partial charge in [-0.3, -0.25) is 14.5 Å². The molecule has 3 aromatic rings. The van der Waals surface area contributed by atoms with E-state index in [2.05, 4.69) is 10.3 Å². The minimum atomic E-state index is -0.843. The number of carbonyl (C=O) groups excluding carboxylic acids is 3. The fourth-order valence-corrected chi connectivity index (χ4v) is 4.90. The van der Waals surface area contributed by atoms with E-state index in [4.69, 9.17) is 9.47 Å². The van der Waals surface area contributed by atoms with Crippen molar-refractivity contribution in [3.63, 3.8) is 0 Å². The molecule has 2 aromatic carbocycles. The van der Waals surface area contributed by atoms with Gasteiger partial charge in [0.25, 0.3) is 5.91 Å². The van der Waals surface area contributed by atoms with E-state index < -0.39 is 12.1 Å².